The smallest absolute Gasteiger partial charge is 0.227 e. The van der Waals surface area contributed by atoms with Gasteiger partial charge in [0.25, 0.3) is 0 Å². The van der Waals surface area contributed by atoms with Crippen LogP contribution in [0.15, 0.2) is 47.6 Å². The maximum absolute atomic E-state index is 13.6. The summed E-state index contributed by atoms with van der Waals surface area (Å²) < 4.78 is 13.6. The SMILES string of the molecule is CN=C(NCCC(=O)Nc1ccc(C)cn1)NCc1ccccc1F. The van der Waals surface area contributed by atoms with Crippen LogP contribution in [-0.4, -0.2) is 30.4 Å². The summed E-state index contributed by atoms with van der Waals surface area (Å²) in [5.41, 5.74) is 1.58. The molecule has 2 rings (SSSR count). The van der Waals surface area contributed by atoms with E-state index < -0.39 is 0 Å². The Labute approximate surface area is 146 Å². The molecule has 0 aliphatic rings. The molecule has 0 saturated carbocycles. The molecule has 2 aromatic rings. The van der Waals surface area contributed by atoms with Gasteiger partial charge in [0.2, 0.25) is 5.91 Å². The van der Waals surface area contributed by atoms with Crippen molar-refractivity contribution in [1.29, 1.82) is 0 Å². The van der Waals surface area contributed by atoms with E-state index in [1.165, 1.54) is 6.07 Å². The molecule has 7 heteroatoms. The van der Waals surface area contributed by atoms with Crippen LogP contribution >= 0.6 is 0 Å². The van der Waals surface area contributed by atoms with Gasteiger partial charge in [-0.05, 0) is 24.6 Å². The lowest BCUT2D eigenvalue weighted by molar-refractivity contribution is -0.116. The molecule has 0 bridgehead atoms. The van der Waals surface area contributed by atoms with Crippen LogP contribution in [0.4, 0.5) is 10.2 Å². The Hall–Kier alpha value is -2.96. The van der Waals surface area contributed by atoms with Crippen molar-refractivity contribution in [3.8, 4) is 0 Å². The van der Waals surface area contributed by atoms with Crippen LogP contribution in [0, 0.1) is 12.7 Å². The van der Waals surface area contributed by atoms with Gasteiger partial charge in [0.05, 0.1) is 0 Å². The highest BCUT2D eigenvalue weighted by atomic mass is 19.1. The highest BCUT2D eigenvalue weighted by molar-refractivity contribution is 5.90. The Morgan fingerprint density at radius 3 is 2.68 bits per heavy atom. The number of rotatable bonds is 6. The maximum atomic E-state index is 13.6. The monoisotopic (exact) mass is 343 g/mol. The Bertz CT molecular complexity index is 731. The molecule has 0 atom stereocenters. The number of nitrogens with zero attached hydrogens (tertiary/aromatic N) is 2. The molecule has 132 valence electrons. The molecular weight excluding hydrogens is 321 g/mol. The Morgan fingerprint density at radius 2 is 2.00 bits per heavy atom. The quantitative estimate of drug-likeness (QED) is 0.555. The topological polar surface area (TPSA) is 78.4 Å². The number of benzene rings is 1. The van der Waals surface area contributed by atoms with Gasteiger partial charge in [-0.25, -0.2) is 9.37 Å². The Kier molecular flexibility index (Phi) is 6.88. The molecule has 1 heterocycles. The number of hydrogen-bond donors (Lipinski definition) is 3. The van der Waals surface area contributed by atoms with Gasteiger partial charge in [-0.15, -0.1) is 0 Å². The lowest BCUT2D eigenvalue weighted by Gasteiger charge is -2.12. The van der Waals surface area contributed by atoms with Gasteiger partial charge in [-0.3, -0.25) is 9.79 Å². The van der Waals surface area contributed by atoms with Crippen molar-refractivity contribution in [2.75, 3.05) is 18.9 Å². The first kappa shape index (κ1) is 18.4. The molecule has 25 heavy (non-hydrogen) atoms. The van der Waals surface area contributed by atoms with Gasteiger partial charge in [-0.2, -0.15) is 0 Å². The van der Waals surface area contributed by atoms with E-state index in [2.05, 4.69) is 25.9 Å². The van der Waals surface area contributed by atoms with Crippen LogP contribution in [0.2, 0.25) is 0 Å². The van der Waals surface area contributed by atoms with Crippen LogP contribution in [0.25, 0.3) is 0 Å². The third-order valence-corrected chi connectivity index (χ3v) is 3.45. The summed E-state index contributed by atoms with van der Waals surface area (Å²) >= 11 is 0. The lowest BCUT2D eigenvalue weighted by Crippen LogP contribution is -2.38. The molecule has 0 aliphatic heterocycles. The van der Waals surface area contributed by atoms with Gasteiger partial charge in [0.1, 0.15) is 11.6 Å². The first-order chi connectivity index (χ1) is 12.1. The highest BCUT2D eigenvalue weighted by Crippen LogP contribution is 2.05. The van der Waals surface area contributed by atoms with E-state index >= 15 is 0 Å². The molecule has 1 aromatic heterocycles. The minimum absolute atomic E-state index is 0.145. The maximum Gasteiger partial charge on any atom is 0.227 e. The number of pyridine rings is 1. The van der Waals surface area contributed by atoms with Gasteiger partial charge in [0, 0.05) is 38.3 Å². The molecule has 6 nitrogen and oxygen atoms in total. The van der Waals surface area contributed by atoms with E-state index in [9.17, 15) is 9.18 Å². The second kappa shape index (κ2) is 9.36. The third kappa shape index (κ3) is 6.21. The van der Waals surface area contributed by atoms with Crippen molar-refractivity contribution >= 4 is 17.7 Å². The van der Waals surface area contributed by atoms with Crippen molar-refractivity contribution in [2.24, 2.45) is 4.99 Å². The summed E-state index contributed by atoms with van der Waals surface area (Å²) in [5, 5.41) is 8.76. The number of carbonyl (C=O) groups is 1. The second-order valence-corrected chi connectivity index (χ2v) is 5.46. The fourth-order valence-electron chi connectivity index (χ4n) is 2.08. The molecule has 0 radical (unpaired) electrons. The zero-order chi connectivity index (χ0) is 18.1. The van der Waals surface area contributed by atoms with Gasteiger partial charge in [-0.1, -0.05) is 24.3 Å². The number of nitrogens with one attached hydrogen (secondary N) is 3. The van der Waals surface area contributed by atoms with Crippen molar-refractivity contribution in [3.63, 3.8) is 0 Å². The van der Waals surface area contributed by atoms with Crippen molar-refractivity contribution in [1.82, 2.24) is 15.6 Å². The van der Waals surface area contributed by atoms with Crippen LogP contribution in [0.1, 0.15) is 17.5 Å². The van der Waals surface area contributed by atoms with Crippen molar-refractivity contribution < 1.29 is 9.18 Å². The fraction of sp³-hybridized carbons (Fsp3) is 0.278. The summed E-state index contributed by atoms with van der Waals surface area (Å²) in [5.74, 6) is 0.617. The Balaban J connectivity index is 1.72. The predicted octanol–water partition coefficient (Wildman–Crippen LogP) is 2.22. The summed E-state index contributed by atoms with van der Waals surface area (Å²) in [7, 11) is 1.62. The van der Waals surface area contributed by atoms with E-state index in [1.54, 1.807) is 37.5 Å². The molecule has 0 aliphatic carbocycles. The number of hydrogen-bond acceptors (Lipinski definition) is 3. The summed E-state index contributed by atoms with van der Waals surface area (Å²) in [6.07, 6.45) is 1.96. The number of amides is 1. The Morgan fingerprint density at radius 1 is 1.20 bits per heavy atom. The van der Waals surface area contributed by atoms with Crippen LogP contribution in [-0.2, 0) is 11.3 Å². The van der Waals surface area contributed by atoms with Crippen molar-refractivity contribution in [2.45, 2.75) is 19.9 Å². The minimum Gasteiger partial charge on any atom is -0.356 e. The molecule has 1 aromatic carbocycles. The average molecular weight is 343 g/mol. The average Bonchev–Trinajstić information content (AvgIpc) is 2.61. The van der Waals surface area contributed by atoms with E-state index in [0.717, 1.165) is 5.56 Å². The number of guanidine groups is 1. The number of aryl methyl sites for hydroxylation is 1. The van der Waals surface area contributed by atoms with Crippen LogP contribution in [0.3, 0.4) is 0 Å². The van der Waals surface area contributed by atoms with Gasteiger partial charge < -0.3 is 16.0 Å². The molecule has 3 N–H and O–H groups in total. The van der Waals surface area contributed by atoms with E-state index in [-0.39, 0.29) is 18.1 Å². The highest BCUT2D eigenvalue weighted by Gasteiger charge is 2.05. The summed E-state index contributed by atoms with van der Waals surface area (Å²) in [4.78, 5) is 20.1. The van der Waals surface area contributed by atoms with Gasteiger partial charge in [0.15, 0.2) is 5.96 Å². The first-order valence-electron chi connectivity index (χ1n) is 7.99. The largest absolute Gasteiger partial charge is 0.356 e. The number of aromatic nitrogens is 1. The standard InChI is InChI=1S/C18H22FN5O/c1-13-7-8-16(22-11-13)24-17(25)9-10-21-18(20-2)23-12-14-5-3-4-6-15(14)19/h3-8,11H,9-10,12H2,1-2H3,(H2,20,21,23)(H,22,24,25). The van der Waals surface area contributed by atoms with E-state index in [0.29, 0.717) is 30.4 Å². The molecule has 0 unspecified atom stereocenters. The number of aliphatic imine (C=N–C) groups is 1. The molecule has 0 saturated heterocycles. The lowest BCUT2D eigenvalue weighted by atomic mass is 10.2. The molecule has 1 amide bonds. The zero-order valence-corrected chi connectivity index (χ0v) is 14.3. The second-order valence-electron chi connectivity index (χ2n) is 5.46. The number of carbonyl (C=O) groups excluding carboxylic acids is 1. The predicted molar refractivity (Wildman–Crippen MR) is 96.8 cm³/mol. The van der Waals surface area contributed by atoms with Gasteiger partial charge >= 0.3 is 0 Å². The normalized spacial score (nSPS) is 11.1. The summed E-state index contributed by atoms with van der Waals surface area (Å²) in [6.45, 7) is 2.64. The van der Waals surface area contributed by atoms with Crippen molar-refractivity contribution in [3.05, 3.63) is 59.5 Å². The first-order valence-corrected chi connectivity index (χ1v) is 7.99. The third-order valence-electron chi connectivity index (χ3n) is 3.45. The van der Waals surface area contributed by atoms with E-state index in [1.807, 2.05) is 13.0 Å². The number of anilines is 1. The summed E-state index contributed by atoms with van der Waals surface area (Å²) in [6, 6.07) is 10.2. The zero-order valence-electron chi connectivity index (χ0n) is 14.3. The van der Waals surface area contributed by atoms with E-state index in [4.69, 9.17) is 0 Å². The fourth-order valence-corrected chi connectivity index (χ4v) is 2.08. The van der Waals surface area contributed by atoms with Crippen LogP contribution in [0.5, 0.6) is 0 Å². The molecule has 0 fully saturated rings. The number of halogens is 1. The minimum atomic E-state index is -0.268. The molecular formula is C18H22FN5O. The van der Waals surface area contributed by atoms with Crippen LogP contribution < -0.4 is 16.0 Å². The molecule has 0 spiro atoms.